The highest BCUT2D eigenvalue weighted by molar-refractivity contribution is 8.00. The van der Waals surface area contributed by atoms with Gasteiger partial charge < -0.3 is 5.73 Å². The van der Waals surface area contributed by atoms with Crippen LogP contribution in [0.3, 0.4) is 0 Å². The van der Waals surface area contributed by atoms with Gasteiger partial charge >= 0.3 is 0 Å². The lowest BCUT2D eigenvalue weighted by molar-refractivity contribution is 0.582. The number of nitrogens with two attached hydrogens (primary N) is 1. The molecule has 0 amide bonds. The van der Waals surface area contributed by atoms with E-state index in [4.69, 9.17) is 5.73 Å². The summed E-state index contributed by atoms with van der Waals surface area (Å²) in [6.07, 6.45) is 1.64. The molecule has 0 saturated carbocycles. The summed E-state index contributed by atoms with van der Waals surface area (Å²) in [4.78, 5) is 4.97. The molecule has 0 fully saturated rings. The SMILES string of the molecule is Nc1ccccc1SCCS(=O)(=O)NCc1ccccn1. The molecule has 0 aliphatic heterocycles. The quantitative estimate of drug-likeness (QED) is 0.600. The predicted molar refractivity (Wildman–Crippen MR) is 86.4 cm³/mol. The molecule has 1 aromatic heterocycles. The normalized spacial score (nSPS) is 11.4. The number of thioether (sulfide) groups is 1. The van der Waals surface area contributed by atoms with Gasteiger partial charge in [0.2, 0.25) is 10.0 Å². The minimum Gasteiger partial charge on any atom is -0.398 e. The van der Waals surface area contributed by atoms with Gasteiger partial charge in [-0.05, 0) is 24.3 Å². The Morgan fingerprint density at radius 2 is 1.90 bits per heavy atom. The summed E-state index contributed by atoms with van der Waals surface area (Å²) in [6.45, 7) is 0.210. The number of rotatable bonds is 7. The third-order valence-corrected chi connectivity index (χ3v) is 5.40. The van der Waals surface area contributed by atoms with Crippen LogP contribution in [0.15, 0.2) is 53.6 Å². The number of benzene rings is 1. The van der Waals surface area contributed by atoms with Crippen LogP contribution in [0.5, 0.6) is 0 Å². The van der Waals surface area contributed by atoms with Crippen molar-refractivity contribution >= 4 is 27.5 Å². The monoisotopic (exact) mass is 323 g/mol. The third kappa shape index (κ3) is 5.37. The van der Waals surface area contributed by atoms with Crippen LogP contribution in [-0.4, -0.2) is 24.9 Å². The summed E-state index contributed by atoms with van der Waals surface area (Å²) in [6, 6.07) is 12.8. The first kappa shape index (κ1) is 15.8. The number of aromatic nitrogens is 1. The zero-order chi connectivity index (χ0) is 15.1. The van der Waals surface area contributed by atoms with Gasteiger partial charge in [0.25, 0.3) is 0 Å². The van der Waals surface area contributed by atoms with Gasteiger partial charge in [-0.3, -0.25) is 4.98 Å². The molecule has 0 radical (unpaired) electrons. The van der Waals surface area contributed by atoms with E-state index in [-0.39, 0.29) is 12.3 Å². The molecule has 0 atom stereocenters. The summed E-state index contributed by atoms with van der Waals surface area (Å²) in [7, 11) is -3.31. The predicted octanol–water partition coefficient (Wildman–Crippen LogP) is 1.88. The molecule has 2 aromatic rings. The topological polar surface area (TPSA) is 85.1 Å². The average molecular weight is 323 g/mol. The van der Waals surface area contributed by atoms with Crippen LogP contribution in [-0.2, 0) is 16.6 Å². The molecule has 21 heavy (non-hydrogen) atoms. The Kier molecular flexibility index (Phi) is 5.60. The molecule has 0 aliphatic carbocycles. The Labute approximate surface area is 129 Å². The van der Waals surface area contributed by atoms with Gasteiger partial charge in [0.1, 0.15) is 0 Å². The Morgan fingerprint density at radius 1 is 1.14 bits per heavy atom. The van der Waals surface area contributed by atoms with E-state index in [1.807, 2.05) is 24.3 Å². The maximum absolute atomic E-state index is 11.9. The number of nitrogen functional groups attached to an aromatic ring is 1. The van der Waals surface area contributed by atoms with Crippen molar-refractivity contribution in [1.82, 2.24) is 9.71 Å². The number of nitrogens with one attached hydrogen (secondary N) is 1. The first-order chi connectivity index (χ1) is 10.1. The summed E-state index contributed by atoms with van der Waals surface area (Å²) < 4.78 is 26.3. The number of para-hydroxylation sites is 1. The molecule has 0 aliphatic rings. The molecular formula is C14H17N3O2S2. The molecule has 0 spiro atoms. The molecule has 0 unspecified atom stereocenters. The summed E-state index contributed by atoms with van der Waals surface area (Å²) in [5, 5.41) is 0. The minimum atomic E-state index is -3.31. The van der Waals surface area contributed by atoms with E-state index >= 15 is 0 Å². The van der Waals surface area contributed by atoms with Gasteiger partial charge in [-0.25, -0.2) is 13.1 Å². The van der Waals surface area contributed by atoms with E-state index < -0.39 is 10.0 Å². The molecule has 3 N–H and O–H groups in total. The van der Waals surface area contributed by atoms with Crippen molar-refractivity contribution in [3.05, 3.63) is 54.4 Å². The molecule has 5 nitrogen and oxygen atoms in total. The fraction of sp³-hybridized carbons (Fsp3) is 0.214. The molecule has 0 saturated heterocycles. The summed E-state index contributed by atoms with van der Waals surface area (Å²) in [5.74, 6) is 0.491. The maximum atomic E-state index is 11.9. The van der Waals surface area contributed by atoms with E-state index in [1.54, 1.807) is 24.4 Å². The lowest BCUT2D eigenvalue weighted by atomic mass is 10.3. The molecule has 7 heteroatoms. The first-order valence-corrected chi connectivity index (χ1v) is 9.05. The fourth-order valence-corrected chi connectivity index (χ4v) is 3.98. The fourth-order valence-electron chi connectivity index (χ4n) is 1.63. The second-order valence-electron chi connectivity index (χ2n) is 4.35. The summed E-state index contributed by atoms with van der Waals surface area (Å²) >= 11 is 1.44. The van der Waals surface area contributed by atoms with Crippen LogP contribution in [0.4, 0.5) is 5.69 Å². The highest BCUT2D eigenvalue weighted by Crippen LogP contribution is 2.24. The van der Waals surface area contributed by atoms with Gasteiger partial charge in [0.15, 0.2) is 0 Å². The van der Waals surface area contributed by atoms with Gasteiger partial charge in [-0.1, -0.05) is 18.2 Å². The zero-order valence-corrected chi connectivity index (χ0v) is 13.0. The number of pyridine rings is 1. The van der Waals surface area contributed by atoms with Crippen molar-refractivity contribution in [1.29, 1.82) is 0 Å². The molecule has 1 aromatic carbocycles. The van der Waals surface area contributed by atoms with Crippen molar-refractivity contribution in [2.75, 3.05) is 17.2 Å². The first-order valence-electron chi connectivity index (χ1n) is 6.41. The van der Waals surface area contributed by atoms with Crippen LogP contribution in [0.2, 0.25) is 0 Å². The van der Waals surface area contributed by atoms with Gasteiger partial charge in [0.05, 0.1) is 18.0 Å². The number of hydrogen-bond donors (Lipinski definition) is 2. The second-order valence-corrected chi connectivity index (χ2v) is 7.41. The van der Waals surface area contributed by atoms with Gasteiger partial charge in [-0.15, -0.1) is 11.8 Å². The van der Waals surface area contributed by atoms with Crippen LogP contribution in [0.25, 0.3) is 0 Å². The molecule has 0 bridgehead atoms. The number of hydrogen-bond acceptors (Lipinski definition) is 5. The molecule has 2 rings (SSSR count). The van der Waals surface area contributed by atoms with Crippen molar-refractivity contribution in [3.8, 4) is 0 Å². The smallest absolute Gasteiger partial charge is 0.212 e. The van der Waals surface area contributed by atoms with Gasteiger partial charge in [-0.2, -0.15) is 0 Å². The zero-order valence-electron chi connectivity index (χ0n) is 11.4. The maximum Gasteiger partial charge on any atom is 0.212 e. The van der Waals surface area contributed by atoms with Crippen molar-refractivity contribution in [2.45, 2.75) is 11.4 Å². The van der Waals surface area contributed by atoms with E-state index in [1.165, 1.54) is 11.8 Å². The van der Waals surface area contributed by atoms with Crippen LogP contribution in [0.1, 0.15) is 5.69 Å². The molecule has 112 valence electrons. The van der Waals surface area contributed by atoms with Crippen molar-refractivity contribution < 1.29 is 8.42 Å². The van der Waals surface area contributed by atoms with Crippen LogP contribution in [0, 0.1) is 0 Å². The van der Waals surface area contributed by atoms with E-state index in [2.05, 4.69) is 9.71 Å². The molecular weight excluding hydrogens is 306 g/mol. The minimum absolute atomic E-state index is 0.0405. The summed E-state index contributed by atoms with van der Waals surface area (Å²) in [5.41, 5.74) is 7.17. The number of sulfonamides is 1. The molecule has 1 heterocycles. The van der Waals surface area contributed by atoms with Gasteiger partial charge in [0, 0.05) is 22.5 Å². The van der Waals surface area contributed by atoms with Crippen LogP contribution < -0.4 is 10.5 Å². The van der Waals surface area contributed by atoms with Crippen molar-refractivity contribution in [3.63, 3.8) is 0 Å². The second kappa shape index (κ2) is 7.44. The Bertz CT molecular complexity index is 676. The number of nitrogens with zero attached hydrogens (tertiary/aromatic N) is 1. The third-order valence-electron chi connectivity index (χ3n) is 2.73. The largest absolute Gasteiger partial charge is 0.398 e. The van der Waals surface area contributed by atoms with E-state index in [0.29, 0.717) is 17.1 Å². The van der Waals surface area contributed by atoms with Crippen molar-refractivity contribution in [2.24, 2.45) is 0 Å². The number of anilines is 1. The van der Waals surface area contributed by atoms with E-state index in [0.717, 1.165) is 4.90 Å². The Balaban J connectivity index is 1.80. The van der Waals surface area contributed by atoms with Crippen LogP contribution >= 0.6 is 11.8 Å². The lowest BCUT2D eigenvalue weighted by Crippen LogP contribution is -2.27. The average Bonchev–Trinajstić information content (AvgIpc) is 2.48. The standard InChI is InChI=1S/C14H17N3O2S2/c15-13-6-1-2-7-14(13)20-9-10-21(18,19)17-11-12-5-3-4-8-16-12/h1-8,17H,9-11,15H2. The Morgan fingerprint density at radius 3 is 2.62 bits per heavy atom. The highest BCUT2D eigenvalue weighted by atomic mass is 32.2. The lowest BCUT2D eigenvalue weighted by Gasteiger charge is -2.07. The van der Waals surface area contributed by atoms with E-state index in [9.17, 15) is 8.42 Å². The highest BCUT2D eigenvalue weighted by Gasteiger charge is 2.10. The Hall–Kier alpha value is -1.57.